The summed E-state index contributed by atoms with van der Waals surface area (Å²) in [6.07, 6.45) is 2.82. The Balaban J connectivity index is 1.94. The largest absolute Gasteiger partial charge is 0.490 e. The van der Waals surface area contributed by atoms with Crippen molar-refractivity contribution in [1.82, 2.24) is 5.43 Å². The van der Waals surface area contributed by atoms with Crippen LogP contribution in [0.2, 0.25) is 0 Å². The molecule has 0 saturated heterocycles. The van der Waals surface area contributed by atoms with E-state index in [0.717, 1.165) is 23.4 Å². The van der Waals surface area contributed by atoms with Gasteiger partial charge < -0.3 is 10.1 Å². The van der Waals surface area contributed by atoms with Crippen LogP contribution in [0.4, 0.5) is 5.69 Å². The van der Waals surface area contributed by atoms with Crippen LogP contribution in [0, 0.1) is 0 Å². The quantitative estimate of drug-likeness (QED) is 0.474. The Labute approximate surface area is 142 Å². The number of benzene rings is 2. The summed E-state index contributed by atoms with van der Waals surface area (Å²) < 4.78 is 5.88. The number of hydrazone groups is 1. The van der Waals surface area contributed by atoms with Gasteiger partial charge >= 0.3 is 0 Å². The van der Waals surface area contributed by atoms with E-state index < -0.39 is 0 Å². The molecule has 0 aliphatic carbocycles. The summed E-state index contributed by atoms with van der Waals surface area (Å²) in [6, 6.07) is 17.5. The molecule has 0 unspecified atom stereocenters. The van der Waals surface area contributed by atoms with Crippen LogP contribution in [-0.4, -0.2) is 17.4 Å². The number of thiocarbonyl (C=S) groups is 1. The number of rotatable bonds is 6. The molecule has 0 fully saturated rings. The van der Waals surface area contributed by atoms with Gasteiger partial charge in [0.15, 0.2) is 5.11 Å². The SMILES string of the molecule is CC[C@H](C)Oc1ccccc1/C=N\NC(=S)Nc1ccccc1. The summed E-state index contributed by atoms with van der Waals surface area (Å²) in [7, 11) is 0. The highest BCUT2D eigenvalue weighted by Gasteiger charge is 2.04. The molecule has 2 N–H and O–H groups in total. The van der Waals surface area contributed by atoms with E-state index in [4.69, 9.17) is 17.0 Å². The van der Waals surface area contributed by atoms with Crippen molar-refractivity contribution in [3.63, 3.8) is 0 Å². The lowest BCUT2D eigenvalue weighted by atomic mass is 10.2. The molecule has 2 aromatic rings. The molecular weight excluding hydrogens is 306 g/mol. The van der Waals surface area contributed by atoms with Crippen LogP contribution in [0.15, 0.2) is 59.7 Å². The normalized spacial score (nSPS) is 11.9. The third-order valence-corrected chi connectivity index (χ3v) is 3.42. The molecule has 0 aliphatic heterocycles. The van der Waals surface area contributed by atoms with Crippen molar-refractivity contribution in [2.45, 2.75) is 26.4 Å². The summed E-state index contributed by atoms with van der Waals surface area (Å²) in [4.78, 5) is 0. The van der Waals surface area contributed by atoms with Crippen LogP contribution < -0.4 is 15.5 Å². The number of nitrogens with one attached hydrogen (secondary N) is 2. The van der Waals surface area contributed by atoms with Crippen LogP contribution in [0.1, 0.15) is 25.8 Å². The molecular formula is C18H21N3OS. The van der Waals surface area contributed by atoms with Crippen molar-refractivity contribution < 1.29 is 4.74 Å². The first kappa shape index (κ1) is 17.0. The maximum absolute atomic E-state index is 5.88. The Kier molecular flexibility index (Phi) is 6.56. The average molecular weight is 327 g/mol. The summed E-state index contributed by atoms with van der Waals surface area (Å²) >= 11 is 5.21. The summed E-state index contributed by atoms with van der Waals surface area (Å²) in [5.41, 5.74) is 4.63. The van der Waals surface area contributed by atoms with Crippen molar-refractivity contribution in [3.05, 3.63) is 60.2 Å². The fraction of sp³-hybridized carbons (Fsp3) is 0.222. The zero-order valence-corrected chi connectivity index (χ0v) is 14.1. The lowest BCUT2D eigenvalue weighted by molar-refractivity contribution is 0.217. The second kappa shape index (κ2) is 8.90. The van der Waals surface area contributed by atoms with Gasteiger partial charge in [0.25, 0.3) is 0 Å². The molecule has 0 spiro atoms. The minimum absolute atomic E-state index is 0.165. The lowest BCUT2D eigenvalue weighted by Gasteiger charge is -2.14. The molecule has 0 heterocycles. The van der Waals surface area contributed by atoms with Crippen molar-refractivity contribution in [2.24, 2.45) is 5.10 Å². The highest BCUT2D eigenvalue weighted by Crippen LogP contribution is 2.18. The van der Waals surface area contributed by atoms with Gasteiger partial charge in [0, 0.05) is 11.3 Å². The van der Waals surface area contributed by atoms with Crippen molar-refractivity contribution >= 4 is 29.2 Å². The Bertz CT molecular complexity index is 658. The van der Waals surface area contributed by atoms with Gasteiger partial charge in [0.1, 0.15) is 5.75 Å². The molecule has 0 aliphatic rings. The number of hydrogen-bond acceptors (Lipinski definition) is 3. The fourth-order valence-corrected chi connectivity index (χ4v) is 2.01. The molecule has 1 atom stereocenters. The molecule has 5 heteroatoms. The van der Waals surface area contributed by atoms with Crippen molar-refractivity contribution in [2.75, 3.05) is 5.32 Å². The third kappa shape index (κ3) is 5.71. The van der Waals surface area contributed by atoms with Crippen molar-refractivity contribution in [3.8, 4) is 5.75 Å². The molecule has 2 rings (SSSR count). The van der Waals surface area contributed by atoms with Gasteiger partial charge in [-0.2, -0.15) is 5.10 Å². The monoisotopic (exact) mass is 327 g/mol. The molecule has 23 heavy (non-hydrogen) atoms. The number of hydrogen-bond donors (Lipinski definition) is 2. The number of nitrogens with zero attached hydrogens (tertiary/aromatic N) is 1. The summed E-state index contributed by atoms with van der Waals surface area (Å²) in [5, 5.41) is 7.67. The topological polar surface area (TPSA) is 45.6 Å². The van der Waals surface area contributed by atoms with E-state index in [1.807, 2.05) is 61.5 Å². The fourth-order valence-electron chi connectivity index (χ4n) is 1.84. The smallest absolute Gasteiger partial charge is 0.191 e. The van der Waals surface area contributed by atoms with E-state index in [-0.39, 0.29) is 6.10 Å². The molecule has 2 aromatic carbocycles. The highest BCUT2D eigenvalue weighted by atomic mass is 32.1. The van der Waals surface area contributed by atoms with E-state index in [1.54, 1.807) is 6.21 Å². The van der Waals surface area contributed by atoms with Crippen LogP contribution in [0.25, 0.3) is 0 Å². The van der Waals surface area contributed by atoms with Gasteiger partial charge in [-0.1, -0.05) is 37.3 Å². The molecule has 4 nitrogen and oxygen atoms in total. The Morgan fingerprint density at radius 2 is 1.87 bits per heavy atom. The van der Waals surface area contributed by atoms with Crippen LogP contribution in [0.5, 0.6) is 5.75 Å². The zero-order valence-electron chi connectivity index (χ0n) is 13.3. The predicted octanol–water partition coefficient (Wildman–Crippen LogP) is 4.18. The van der Waals surface area contributed by atoms with Crippen LogP contribution in [-0.2, 0) is 0 Å². The highest BCUT2D eigenvalue weighted by molar-refractivity contribution is 7.80. The average Bonchev–Trinajstić information content (AvgIpc) is 2.57. The summed E-state index contributed by atoms with van der Waals surface area (Å²) in [5.74, 6) is 0.814. The van der Waals surface area contributed by atoms with Crippen LogP contribution in [0.3, 0.4) is 0 Å². The van der Waals surface area contributed by atoms with Crippen LogP contribution >= 0.6 is 12.2 Å². The molecule has 0 saturated carbocycles. The van der Waals surface area contributed by atoms with Gasteiger partial charge in [-0.25, -0.2) is 0 Å². The Morgan fingerprint density at radius 3 is 2.61 bits per heavy atom. The second-order valence-corrected chi connectivity index (χ2v) is 5.47. The molecule has 0 radical (unpaired) electrons. The van der Waals surface area contributed by atoms with Gasteiger partial charge in [-0.3, -0.25) is 5.43 Å². The zero-order chi connectivity index (χ0) is 16.5. The van der Waals surface area contributed by atoms with Crippen molar-refractivity contribution in [1.29, 1.82) is 0 Å². The third-order valence-electron chi connectivity index (χ3n) is 3.22. The Morgan fingerprint density at radius 1 is 1.17 bits per heavy atom. The maximum Gasteiger partial charge on any atom is 0.191 e. The first-order valence-corrected chi connectivity index (χ1v) is 8.00. The number of ether oxygens (including phenoxy) is 1. The van der Waals surface area contributed by atoms with E-state index >= 15 is 0 Å². The standard InChI is InChI=1S/C18H21N3OS/c1-3-14(2)22-17-12-8-7-9-15(17)13-19-21-18(23)20-16-10-5-4-6-11-16/h4-14H,3H2,1-2H3,(H2,20,21,23)/b19-13-/t14-/m0/s1. The molecule has 120 valence electrons. The molecule has 0 amide bonds. The number of anilines is 1. The van der Waals surface area contributed by atoms with Gasteiger partial charge in [-0.05, 0) is 49.8 Å². The molecule has 0 bridgehead atoms. The van der Waals surface area contributed by atoms with Gasteiger partial charge in [0.2, 0.25) is 0 Å². The lowest BCUT2D eigenvalue weighted by Crippen LogP contribution is -2.23. The van der Waals surface area contributed by atoms with E-state index in [0.29, 0.717) is 5.11 Å². The van der Waals surface area contributed by atoms with E-state index in [9.17, 15) is 0 Å². The number of para-hydroxylation sites is 2. The minimum Gasteiger partial charge on any atom is -0.490 e. The van der Waals surface area contributed by atoms with Gasteiger partial charge in [0.05, 0.1) is 12.3 Å². The van der Waals surface area contributed by atoms with E-state index in [2.05, 4.69) is 22.8 Å². The van der Waals surface area contributed by atoms with Gasteiger partial charge in [-0.15, -0.1) is 0 Å². The molecule has 0 aromatic heterocycles. The predicted molar refractivity (Wildman–Crippen MR) is 100 cm³/mol. The first-order chi connectivity index (χ1) is 11.2. The first-order valence-electron chi connectivity index (χ1n) is 7.60. The van der Waals surface area contributed by atoms with E-state index in [1.165, 1.54) is 0 Å². The minimum atomic E-state index is 0.165. The maximum atomic E-state index is 5.88. The summed E-state index contributed by atoms with van der Waals surface area (Å²) in [6.45, 7) is 4.14. The Hall–Kier alpha value is -2.40. The second-order valence-electron chi connectivity index (χ2n) is 5.06.